The lowest BCUT2D eigenvalue weighted by atomic mass is 10.2. The molecule has 3 nitrogen and oxygen atoms in total. The third kappa shape index (κ3) is 3.21. The van der Waals surface area contributed by atoms with Crippen LogP contribution in [0.25, 0.3) is 0 Å². The van der Waals surface area contributed by atoms with Crippen molar-refractivity contribution in [2.24, 2.45) is 0 Å². The van der Waals surface area contributed by atoms with E-state index < -0.39 is 11.7 Å². The molecule has 0 fully saturated rings. The number of anilines is 1. The average molecular weight is 314 g/mol. The normalized spacial score (nSPS) is 10.2. The van der Waals surface area contributed by atoms with Crippen LogP contribution in [0, 0.1) is 5.82 Å². The first-order valence-electron chi connectivity index (χ1n) is 5.61. The van der Waals surface area contributed by atoms with Crippen LogP contribution in [0.3, 0.4) is 0 Å². The molecule has 0 aliphatic rings. The zero-order chi connectivity index (χ0) is 14.7. The maximum Gasteiger partial charge on any atom is 0.258 e. The second-order valence-electron chi connectivity index (χ2n) is 3.92. The maximum absolute atomic E-state index is 13.7. The molecule has 0 bridgehead atoms. The minimum Gasteiger partial charge on any atom is -0.495 e. The molecule has 0 atom stereocenters. The van der Waals surface area contributed by atoms with Crippen molar-refractivity contribution in [1.82, 2.24) is 0 Å². The molecule has 0 aliphatic carbocycles. The van der Waals surface area contributed by atoms with Gasteiger partial charge in [0.2, 0.25) is 0 Å². The fourth-order valence-electron chi connectivity index (χ4n) is 1.64. The zero-order valence-electron chi connectivity index (χ0n) is 10.4. The summed E-state index contributed by atoms with van der Waals surface area (Å²) in [4.78, 5) is 12.0. The third-order valence-corrected chi connectivity index (χ3v) is 3.06. The van der Waals surface area contributed by atoms with Gasteiger partial charge >= 0.3 is 0 Å². The Morgan fingerprint density at radius 2 is 1.80 bits per heavy atom. The van der Waals surface area contributed by atoms with Crippen molar-refractivity contribution in [1.29, 1.82) is 0 Å². The summed E-state index contributed by atoms with van der Waals surface area (Å²) < 4.78 is 18.8. The van der Waals surface area contributed by atoms with Crippen LogP contribution in [-0.2, 0) is 0 Å². The van der Waals surface area contributed by atoms with E-state index in [9.17, 15) is 9.18 Å². The van der Waals surface area contributed by atoms with Gasteiger partial charge in [-0.15, -0.1) is 0 Å². The highest BCUT2D eigenvalue weighted by Crippen LogP contribution is 2.28. The van der Waals surface area contributed by atoms with Crippen LogP contribution < -0.4 is 10.1 Å². The third-order valence-electron chi connectivity index (χ3n) is 2.59. The summed E-state index contributed by atoms with van der Waals surface area (Å²) in [6.07, 6.45) is 0. The SMILES string of the molecule is COc1ccc(Cl)cc1NC(=O)c1ccc(Cl)cc1F. The number of halogens is 3. The highest BCUT2D eigenvalue weighted by Gasteiger charge is 2.14. The first kappa shape index (κ1) is 14.6. The molecule has 0 aromatic heterocycles. The lowest BCUT2D eigenvalue weighted by Gasteiger charge is -2.11. The molecule has 0 saturated carbocycles. The quantitative estimate of drug-likeness (QED) is 0.912. The first-order valence-corrected chi connectivity index (χ1v) is 6.37. The largest absolute Gasteiger partial charge is 0.495 e. The van der Waals surface area contributed by atoms with Crippen molar-refractivity contribution in [3.63, 3.8) is 0 Å². The Bertz CT molecular complexity index is 662. The van der Waals surface area contributed by atoms with Crippen molar-refractivity contribution in [2.75, 3.05) is 12.4 Å². The number of carbonyl (C=O) groups excluding carboxylic acids is 1. The van der Waals surface area contributed by atoms with E-state index in [4.69, 9.17) is 27.9 Å². The number of hydrogen-bond acceptors (Lipinski definition) is 2. The lowest BCUT2D eigenvalue weighted by molar-refractivity contribution is 0.102. The summed E-state index contributed by atoms with van der Waals surface area (Å²) in [5.41, 5.74) is 0.246. The van der Waals surface area contributed by atoms with E-state index in [0.717, 1.165) is 6.07 Å². The number of amides is 1. The molecule has 0 aliphatic heterocycles. The van der Waals surface area contributed by atoms with Crippen LogP contribution in [0.1, 0.15) is 10.4 Å². The van der Waals surface area contributed by atoms with Gasteiger partial charge in [-0.25, -0.2) is 4.39 Å². The number of methoxy groups -OCH3 is 1. The van der Waals surface area contributed by atoms with E-state index in [-0.39, 0.29) is 10.6 Å². The second kappa shape index (κ2) is 6.11. The summed E-state index contributed by atoms with van der Waals surface area (Å²) in [7, 11) is 1.46. The fourth-order valence-corrected chi connectivity index (χ4v) is 1.97. The number of benzene rings is 2. The molecule has 2 rings (SSSR count). The molecular formula is C14H10Cl2FNO2. The Morgan fingerprint density at radius 3 is 2.45 bits per heavy atom. The van der Waals surface area contributed by atoms with Crippen LogP contribution in [0.4, 0.5) is 10.1 Å². The molecule has 104 valence electrons. The molecule has 1 amide bonds. The van der Waals surface area contributed by atoms with Gasteiger partial charge in [0.1, 0.15) is 11.6 Å². The van der Waals surface area contributed by atoms with E-state index in [1.165, 1.54) is 25.3 Å². The predicted octanol–water partition coefficient (Wildman–Crippen LogP) is 4.39. The molecular weight excluding hydrogens is 304 g/mol. The van der Waals surface area contributed by atoms with Crippen molar-refractivity contribution >= 4 is 34.8 Å². The Kier molecular flexibility index (Phi) is 4.47. The van der Waals surface area contributed by atoms with Gasteiger partial charge < -0.3 is 10.1 Å². The zero-order valence-corrected chi connectivity index (χ0v) is 11.9. The highest BCUT2D eigenvalue weighted by molar-refractivity contribution is 6.31. The number of nitrogens with one attached hydrogen (secondary N) is 1. The molecule has 6 heteroatoms. The van der Waals surface area contributed by atoms with Gasteiger partial charge in [0.15, 0.2) is 0 Å². The Morgan fingerprint density at radius 1 is 1.15 bits per heavy atom. The number of hydrogen-bond donors (Lipinski definition) is 1. The van der Waals surface area contributed by atoms with Crippen LogP contribution >= 0.6 is 23.2 Å². The standard InChI is InChI=1S/C14H10Cl2FNO2/c1-20-13-5-3-9(16)7-12(13)18-14(19)10-4-2-8(15)6-11(10)17/h2-7H,1H3,(H,18,19). The van der Waals surface area contributed by atoms with E-state index in [1.807, 2.05) is 0 Å². The Balaban J connectivity index is 2.30. The van der Waals surface area contributed by atoms with Crippen molar-refractivity contribution < 1.29 is 13.9 Å². The molecule has 1 N–H and O–H groups in total. The van der Waals surface area contributed by atoms with Crippen LogP contribution in [0.2, 0.25) is 10.0 Å². The molecule has 0 unspecified atom stereocenters. The van der Waals surface area contributed by atoms with Gasteiger partial charge in [-0.1, -0.05) is 23.2 Å². The average Bonchev–Trinajstić information content (AvgIpc) is 2.38. The predicted molar refractivity (Wildman–Crippen MR) is 77.4 cm³/mol. The topological polar surface area (TPSA) is 38.3 Å². The summed E-state index contributed by atoms with van der Waals surface area (Å²) in [6.45, 7) is 0. The van der Waals surface area contributed by atoms with Crippen molar-refractivity contribution in [2.45, 2.75) is 0 Å². The summed E-state index contributed by atoms with van der Waals surface area (Å²) in [5.74, 6) is -0.882. The number of carbonyl (C=O) groups is 1. The van der Waals surface area contributed by atoms with Crippen molar-refractivity contribution in [3.8, 4) is 5.75 Å². The van der Waals surface area contributed by atoms with Gasteiger partial charge in [-0.2, -0.15) is 0 Å². The molecule has 2 aromatic carbocycles. The fraction of sp³-hybridized carbons (Fsp3) is 0.0714. The molecule has 0 heterocycles. The van der Waals surface area contributed by atoms with Gasteiger partial charge in [-0.3, -0.25) is 4.79 Å². The molecule has 0 radical (unpaired) electrons. The van der Waals surface area contributed by atoms with Crippen LogP contribution in [0.5, 0.6) is 5.75 Å². The Hall–Kier alpha value is -1.78. The molecule has 0 spiro atoms. The van der Waals surface area contributed by atoms with Crippen molar-refractivity contribution in [3.05, 3.63) is 57.8 Å². The smallest absolute Gasteiger partial charge is 0.258 e. The maximum atomic E-state index is 13.7. The van der Waals surface area contributed by atoms with Gasteiger partial charge in [0, 0.05) is 10.0 Å². The molecule has 20 heavy (non-hydrogen) atoms. The summed E-state index contributed by atoms with van der Waals surface area (Å²) in [5, 5.41) is 3.20. The van der Waals surface area contributed by atoms with E-state index in [1.54, 1.807) is 12.1 Å². The summed E-state index contributed by atoms with van der Waals surface area (Å²) >= 11 is 11.5. The lowest BCUT2D eigenvalue weighted by Crippen LogP contribution is -2.14. The minimum absolute atomic E-state index is 0.114. The highest BCUT2D eigenvalue weighted by atomic mass is 35.5. The van der Waals surface area contributed by atoms with Gasteiger partial charge in [0.05, 0.1) is 18.4 Å². The van der Waals surface area contributed by atoms with E-state index in [0.29, 0.717) is 16.5 Å². The number of rotatable bonds is 3. The van der Waals surface area contributed by atoms with E-state index in [2.05, 4.69) is 5.32 Å². The molecule has 0 saturated heterocycles. The summed E-state index contributed by atoms with van der Waals surface area (Å²) in [6, 6.07) is 8.58. The first-order chi connectivity index (χ1) is 9.51. The second-order valence-corrected chi connectivity index (χ2v) is 4.80. The van der Waals surface area contributed by atoms with Gasteiger partial charge in [-0.05, 0) is 36.4 Å². The van der Waals surface area contributed by atoms with Crippen LogP contribution in [0.15, 0.2) is 36.4 Å². The minimum atomic E-state index is -0.698. The number of ether oxygens (including phenoxy) is 1. The monoisotopic (exact) mass is 313 g/mol. The van der Waals surface area contributed by atoms with E-state index >= 15 is 0 Å². The van der Waals surface area contributed by atoms with Crippen LogP contribution in [-0.4, -0.2) is 13.0 Å². The Labute approximate surface area is 125 Å². The molecule has 2 aromatic rings. The van der Waals surface area contributed by atoms with Gasteiger partial charge in [0.25, 0.3) is 5.91 Å².